The molecule has 0 aromatic heterocycles. The zero-order valence-electron chi connectivity index (χ0n) is 8.94. The minimum Gasteiger partial charge on any atom is -0.368 e. The van der Waals surface area contributed by atoms with Gasteiger partial charge in [0.2, 0.25) is 0 Å². The number of hydrogen-bond donors (Lipinski definition) is 1. The molecule has 90 valence electrons. The molecule has 1 aliphatic rings. The SMILES string of the molecule is COC1(C(F)(F)F)CCCCC1CCN. The fourth-order valence-electron chi connectivity index (χ4n) is 2.55. The molecule has 1 rings (SSSR count). The van der Waals surface area contributed by atoms with Crippen molar-refractivity contribution in [2.24, 2.45) is 11.7 Å². The maximum absolute atomic E-state index is 13.0. The van der Waals surface area contributed by atoms with E-state index in [0.29, 0.717) is 19.3 Å². The van der Waals surface area contributed by atoms with E-state index < -0.39 is 17.7 Å². The molecule has 0 radical (unpaired) electrons. The van der Waals surface area contributed by atoms with Gasteiger partial charge in [0, 0.05) is 7.11 Å². The van der Waals surface area contributed by atoms with Gasteiger partial charge in [-0.25, -0.2) is 0 Å². The molecule has 15 heavy (non-hydrogen) atoms. The number of methoxy groups -OCH3 is 1. The van der Waals surface area contributed by atoms with Gasteiger partial charge >= 0.3 is 6.18 Å². The van der Waals surface area contributed by atoms with E-state index in [-0.39, 0.29) is 13.0 Å². The molecule has 0 aliphatic heterocycles. The van der Waals surface area contributed by atoms with Crippen LogP contribution in [0.3, 0.4) is 0 Å². The van der Waals surface area contributed by atoms with Gasteiger partial charge in [-0.05, 0) is 31.7 Å². The Bertz CT molecular complexity index is 205. The van der Waals surface area contributed by atoms with Crippen molar-refractivity contribution in [3.63, 3.8) is 0 Å². The highest BCUT2D eigenvalue weighted by Gasteiger charge is 2.59. The van der Waals surface area contributed by atoms with Crippen LogP contribution in [0.1, 0.15) is 32.1 Å². The smallest absolute Gasteiger partial charge is 0.368 e. The highest BCUT2D eigenvalue weighted by atomic mass is 19.4. The molecule has 1 aliphatic carbocycles. The summed E-state index contributed by atoms with van der Waals surface area (Å²) < 4.78 is 43.8. The molecule has 0 heterocycles. The van der Waals surface area contributed by atoms with Crippen LogP contribution in [0.4, 0.5) is 13.2 Å². The summed E-state index contributed by atoms with van der Waals surface area (Å²) >= 11 is 0. The molecule has 0 aromatic carbocycles. The van der Waals surface area contributed by atoms with Crippen molar-refractivity contribution in [3.8, 4) is 0 Å². The summed E-state index contributed by atoms with van der Waals surface area (Å²) in [6.45, 7) is 0.284. The van der Waals surface area contributed by atoms with Gasteiger partial charge in [-0.1, -0.05) is 12.8 Å². The van der Waals surface area contributed by atoms with Crippen molar-refractivity contribution in [1.29, 1.82) is 0 Å². The first-order valence-electron chi connectivity index (χ1n) is 5.30. The first-order chi connectivity index (χ1) is 6.98. The van der Waals surface area contributed by atoms with Gasteiger partial charge in [0.1, 0.15) is 0 Å². The normalized spacial score (nSPS) is 33.0. The first kappa shape index (κ1) is 12.8. The Morgan fingerprint density at radius 1 is 1.40 bits per heavy atom. The third-order valence-corrected chi connectivity index (χ3v) is 3.37. The van der Waals surface area contributed by atoms with Crippen molar-refractivity contribution in [3.05, 3.63) is 0 Å². The van der Waals surface area contributed by atoms with Crippen LogP contribution < -0.4 is 5.73 Å². The number of ether oxygens (including phenoxy) is 1. The van der Waals surface area contributed by atoms with Crippen LogP contribution in [0.25, 0.3) is 0 Å². The molecule has 0 bridgehead atoms. The van der Waals surface area contributed by atoms with E-state index in [4.69, 9.17) is 10.5 Å². The zero-order valence-corrected chi connectivity index (χ0v) is 8.94. The molecule has 2 unspecified atom stereocenters. The highest BCUT2D eigenvalue weighted by Crippen LogP contribution is 2.48. The predicted molar refractivity (Wildman–Crippen MR) is 51.4 cm³/mol. The Kier molecular flexibility index (Phi) is 4.00. The van der Waals surface area contributed by atoms with Crippen LogP contribution in [-0.4, -0.2) is 25.4 Å². The molecule has 1 fully saturated rings. The Hall–Kier alpha value is -0.290. The average Bonchev–Trinajstić information content (AvgIpc) is 2.17. The van der Waals surface area contributed by atoms with Gasteiger partial charge in [0.15, 0.2) is 5.60 Å². The topological polar surface area (TPSA) is 35.2 Å². The number of nitrogens with two attached hydrogens (primary N) is 1. The van der Waals surface area contributed by atoms with E-state index in [1.807, 2.05) is 0 Å². The molecule has 2 nitrogen and oxygen atoms in total. The molecule has 2 atom stereocenters. The molecule has 0 aromatic rings. The van der Waals surface area contributed by atoms with Crippen LogP contribution in [0, 0.1) is 5.92 Å². The second-order valence-corrected chi connectivity index (χ2v) is 4.11. The lowest BCUT2D eigenvalue weighted by Crippen LogP contribution is -2.54. The molecular weight excluding hydrogens is 207 g/mol. The Morgan fingerprint density at radius 2 is 2.07 bits per heavy atom. The third kappa shape index (κ3) is 2.28. The summed E-state index contributed by atoms with van der Waals surface area (Å²) in [4.78, 5) is 0. The molecule has 2 N–H and O–H groups in total. The number of hydrogen-bond acceptors (Lipinski definition) is 2. The van der Waals surface area contributed by atoms with E-state index in [0.717, 1.165) is 13.5 Å². The number of halogens is 3. The maximum Gasteiger partial charge on any atom is 0.417 e. The van der Waals surface area contributed by atoms with E-state index >= 15 is 0 Å². The summed E-state index contributed by atoms with van der Waals surface area (Å²) in [7, 11) is 1.16. The quantitative estimate of drug-likeness (QED) is 0.800. The lowest BCUT2D eigenvalue weighted by Gasteiger charge is -2.44. The predicted octanol–water partition coefficient (Wildman–Crippen LogP) is 2.47. The van der Waals surface area contributed by atoms with Gasteiger partial charge in [-0.15, -0.1) is 0 Å². The summed E-state index contributed by atoms with van der Waals surface area (Å²) in [5.74, 6) is -0.485. The summed E-state index contributed by atoms with van der Waals surface area (Å²) in [5, 5.41) is 0. The van der Waals surface area contributed by atoms with Crippen molar-refractivity contribution in [2.75, 3.05) is 13.7 Å². The van der Waals surface area contributed by atoms with Gasteiger partial charge < -0.3 is 10.5 Å². The molecular formula is C10H18F3NO. The first-order valence-corrected chi connectivity index (χ1v) is 5.30. The number of alkyl halides is 3. The second-order valence-electron chi connectivity index (χ2n) is 4.11. The lowest BCUT2D eigenvalue weighted by atomic mass is 9.73. The van der Waals surface area contributed by atoms with E-state index in [1.165, 1.54) is 0 Å². The Labute approximate surface area is 88.0 Å². The Balaban J connectivity index is 2.90. The van der Waals surface area contributed by atoms with Crippen molar-refractivity contribution < 1.29 is 17.9 Å². The van der Waals surface area contributed by atoms with E-state index in [9.17, 15) is 13.2 Å². The number of rotatable bonds is 3. The maximum atomic E-state index is 13.0. The van der Waals surface area contributed by atoms with Gasteiger partial charge in [0.05, 0.1) is 0 Å². The van der Waals surface area contributed by atoms with Gasteiger partial charge in [-0.2, -0.15) is 13.2 Å². The molecule has 5 heteroatoms. The van der Waals surface area contributed by atoms with E-state index in [2.05, 4.69) is 0 Å². The lowest BCUT2D eigenvalue weighted by molar-refractivity contribution is -0.298. The van der Waals surface area contributed by atoms with Crippen LogP contribution in [0.2, 0.25) is 0 Å². The standard InChI is InChI=1S/C10H18F3NO/c1-15-9(10(11,12)13)6-3-2-4-8(9)5-7-14/h8H,2-7,14H2,1H3. The minimum absolute atomic E-state index is 0.0671. The fourth-order valence-corrected chi connectivity index (χ4v) is 2.55. The fraction of sp³-hybridized carbons (Fsp3) is 1.00. The zero-order chi connectivity index (χ0) is 11.5. The molecule has 1 saturated carbocycles. The van der Waals surface area contributed by atoms with Crippen molar-refractivity contribution >= 4 is 0 Å². The summed E-state index contributed by atoms with van der Waals surface area (Å²) in [6.07, 6.45) is -1.86. The van der Waals surface area contributed by atoms with Gasteiger partial charge in [0.25, 0.3) is 0 Å². The molecule has 0 amide bonds. The van der Waals surface area contributed by atoms with Crippen molar-refractivity contribution in [2.45, 2.75) is 43.9 Å². The van der Waals surface area contributed by atoms with Crippen LogP contribution in [0.15, 0.2) is 0 Å². The van der Waals surface area contributed by atoms with Crippen LogP contribution >= 0.6 is 0 Å². The van der Waals surface area contributed by atoms with Crippen LogP contribution in [0.5, 0.6) is 0 Å². The second kappa shape index (κ2) is 4.70. The molecule has 0 spiro atoms. The average molecular weight is 225 g/mol. The van der Waals surface area contributed by atoms with Crippen molar-refractivity contribution in [1.82, 2.24) is 0 Å². The Morgan fingerprint density at radius 3 is 2.53 bits per heavy atom. The minimum atomic E-state index is -4.29. The largest absolute Gasteiger partial charge is 0.417 e. The van der Waals surface area contributed by atoms with E-state index in [1.54, 1.807) is 0 Å². The van der Waals surface area contributed by atoms with Crippen LogP contribution in [-0.2, 0) is 4.74 Å². The molecule has 0 saturated heterocycles. The third-order valence-electron chi connectivity index (χ3n) is 3.37. The van der Waals surface area contributed by atoms with Gasteiger partial charge in [-0.3, -0.25) is 0 Å². The summed E-state index contributed by atoms with van der Waals surface area (Å²) in [5.41, 5.74) is 3.40. The monoisotopic (exact) mass is 225 g/mol. The highest BCUT2D eigenvalue weighted by molar-refractivity contribution is 4.97. The summed E-state index contributed by atoms with van der Waals surface area (Å²) in [6, 6.07) is 0.